The van der Waals surface area contributed by atoms with E-state index >= 15 is 0 Å². The fraction of sp³-hybridized carbons (Fsp3) is 0.294. The van der Waals surface area contributed by atoms with Crippen molar-refractivity contribution in [1.82, 2.24) is 4.90 Å². The molecule has 21 heavy (non-hydrogen) atoms. The predicted molar refractivity (Wildman–Crippen MR) is 82.2 cm³/mol. The van der Waals surface area contributed by atoms with Gasteiger partial charge in [0.15, 0.2) is 0 Å². The summed E-state index contributed by atoms with van der Waals surface area (Å²) >= 11 is 0. The molecule has 1 heterocycles. The second kappa shape index (κ2) is 6.06. The molecule has 0 bridgehead atoms. The molecule has 4 nitrogen and oxygen atoms in total. The van der Waals surface area contributed by atoms with E-state index in [2.05, 4.69) is 29.2 Å². The summed E-state index contributed by atoms with van der Waals surface area (Å²) in [6.07, 6.45) is 2.04. The molecule has 108 valence electrons. The Hall–Kier alpha value is -2.20. The lowest BCUT2D eigenvalue weighted by atomic mass is 9.99. The fourth-order valence-electron chi connectivity index (χ4n) is 2.82. The third-order valence-corrected chi connectivity index (χ3v) is 4.07. The molecule has 4 heteroatoms. The Labute approximate surface area is 124 Å². The maximum atomic E-state index is 10.6. The van der Waals surface area contributed by atoms with Gasteiger partial charge in [0, 0.05) is 31.8 Å². The van der Waals surface area contributed by atoms with Gasteiger partial charge in [-0.1, -0.05) is 36.4 Å². The highest BCUT2D eigenvalue weighted by molar-refractivity contribution is 5.33. The van der Waals surface area contributed by atoms with E-state index in [1.54, 1.807) is 12.1 Å². The first-order valence-electron chi connectivity index (χ1n) is 7.25. The number of nitrogens with zero attached hydrogens (tertiary/aromatic N) is 2. The van der Waals surface area contributed by atoms with Crippen LogP contribution in [-0.2, 0) is 19.4 Å². The number of benzene rings is 2. The van der Waals surface area contributed by atoms with Crippen molar-refractivity contribution >= 4 is 5.69 Å². The highest BCUT2D eigenvalue weighted by Gasteiger charge is 2.15. The van der Waals surface area contributed by atoms with Crippen LogP contribution in [0.1, 0.15) is 16.7 Å². The van der Waals surface area contributed by atoms with Crippen molar-refractivity contribution in [3.05, 3.63) is 75.3 Å². The van der Waals surface area contributed by atoms with Crippen LogP contribution in [0.15, 0.2) is 48.5 Å². The smallest absolute Gasteiger partial charge is 0.269 e. The van der Waals surface area contributed by atoms with Crippen molar-refractivity contribution in [2.24, 2.45) is 0 Å². The summed E-state index contributed by atoms with van der Waals surface area (Å²) in [7, 11) is 0. The van der Waals surface area contributed by atoms with Crippen LogP contribution in [0.4, 0.5) is 5.69 Å². The first kappa shape index (κ1) is 13.8. The Bertz CT molecular complexity index is 637. The first-order chi connectivity index (χ1) is 10.2. The lowest BCUT2D eigenvalue weighted by Crippen LogP contribution is -2.32. The topological polar surface area (TPSA) is 46.4 Å². The minimum atomic E-state index is -0.356. The Balaban J connectivity index is 1.57. The number of rotatable bonds is 4. The molecule has 3 rings (SSSR count). The van der Waals surface area contributed by atoms with Gasteiger partial charge in [-0.3, -0.25) is 15.0 Å². The van der Waals surface area contributed by atoms with Crippen LogP contribution < -0.4 is 0 Å². The lowest BCUT2D eigenvalue weighted by molar-refractivity contribution is -0.384. The number of fused-ring (bicyclic) bond motifs is 1. The molecule has 0 saturated carbocycles. The molecular formula is C17H18N2O2. The molecule has 0 fully saturated rings. The molecule has 0 amide bonds. The van der Waals surface area contributed by atoms with E-state index in [4.69, 9.17) is 0 Å². The molecule has 0 radical (unpaired) electrons. The molecule has 0 saturated heterocycles. The van der Waals surface area contributed by atoms with E-state index in [0.29, 0.717) is 0 Å². The largest absolute Gasteiger partial charge is 0.298 e. The summed E-state index contributed by atoms with van der Waals surface area (Å²) in [5.41, 5.74) is 4.20. The Morgan fingerprint density at radius 1 is 1.05 bits per heavy atom. The quantitative estimate of drug-likeness (QED) is 0.639. The van der Waals surface area contributed by atoms with Crippen molar-refractivity contribution in [3.8, 4) is 0 Å². The van der Waals surface area contributed by atoms with Gasteiger partial charge in [0.2, 0.25) is 0 Å². The van der Waals surface area contributed by atoms with Crippen molar-refractivity contribution in [3.63, 3.8) is 0 Å². The zero-order valence-corrected chi connectivity index (χ0v) is 11.9. The van der Waals surface area contributed by atoms with Gasteiger partial charge >= 0.3 is 0 Å². The predicted octanol–water partition coefficient (Wildman–Crippen LogP) is 3.20. The second-order valence-corrected chi connectivity index (χ2v) is 5.47. The lowest BCUT2D eigenvalue weighted by Gasteiger charge is -2.28. The van der Waals surface area contributed by atoms with Crippen LogP contribution in [0, 0.1) is 10.1 Å². The van der Waals surface area contributed by atoms with Crippen LogP contribution in [-0.4, -0.2) is 22.9 Å². The van der Waals surface area contributed by atoms with Crippen LogP contribution >= 0.6 is 0 Å². The van der Waals surface area contributed by atoms with E-state index in [1.807, 2.05) is 12.1 Å². The number of nitro benzene ring substituents is 1. The Morgan fingerprint density at radius 2 is 1.76 bits per heavy atom. The van der Waals surface area contributed by atoms with Crippen LogP contribution in [0.2, 0.25) is 0 Å². The zero-order valence-electron chi connectivity index (χ0n) is 11.9. The van der Waals surface area contributed by atoms with Crippen LogP contribution in [0.25, 0.3) is 0 Å². The fourth-order valence-corrected chi connectivity index (χ4v) is 2.82. The van der Waals surface area contributed by atoms with Crippen molar-refractivity contribution < 1.29 is 4.92 Å². The van der Waals surface area contributed by atoms with E-state index in [1.165, 1.54) is 11.1 Å². The van der Waals surface area contributed by atoms with Crippen LogP contribution in [0.5, 0.6) is 0 Å². The average Bonchev–Trinajstić information content (AvgIpc) is 2.53. The Kier molecular flexibility index (Phi) is 3.97. The maximum absolute atomic E-state index is 10.6. The highest BCUT2D eigenvalue weighted by Crippen LogP contribution is 2.19. The van der Waals surface area contributed by atoms with Gasteiger partial charge < -0.3 is 0 Å². The average molecular weight is 282 g/mol. The van der Waals surface area contributed by atoms with E-state index < -0.39 is 0 Å². The molecule has 0 aromatic heterocycles. The van der Waals surface area contributed by atoms with Crippen LogP contribution in [0.3, 0.4) is 0 Å². The molecule has 0 aliphatic carbocycles. The minimum Gasteiger partial charge on any atom is -0.298 e. The number of non-ortho nitro benzene ring substituents is 1. The molecule has 0 N–H and O–H groups in total. The summed E-state index contributed by atoms with van der Waals surface area (Å²) in [6, 6.07) is 15.5. The monoisotopic (exact) mass is 282 g/mol. The molecule has 0 unspecified atom stereocenters. The van der Waals surface area contributed by atoms with Gasteiger partial charge in [-0.25, -0.2) is 0 Å². The summed E-state index contributed by atoms with van der Waals surface area (Å²) in [5, 5.41) is 10.6. The summed E-state index contributed by atoms with van der Waals surface area (Å²) < 4.78 is 0. The second-order valence-electron chi connectivity index (χ2n) is 5.47. The third kappa shape index (κ3) is 3.28. The van der Waals surface area contributed by atoms with Crippen molar-refractivity contribution in [1.29, 1.82) is 0 Å². The van der Waals surface area contributed by atoms with E-state index in [0.717, 1.165) is 38.0 Å². The summed E-state index contributed by atoms with van der Waals surface area (Å²) in [5.74, 6) is 0. The van der Waals surface area contributed by atoms with Crippen molar-refractivity contribution in [2.45, 2.75) is 19.4 Å². The molecule has 0 spiro atoms. The summed E-state index contributed by atoms with van der Waals surface area (Å²) in [4.78, 5) is 12.7. The molecule has 1 aliphatic rings. The Morgan fingerprint density at radius 3 is 2.48 bits per heavy atom. The van der Waals surface area contributed by atoms with Gasteiger partial charge in [-0.15, -0.1) is 0 Å². The van der Waals surface area contributed by atoms with Gasteiger partial charge in [0.25, 0.3) is 5.69 Å². The van der Waals surface area contributed by atoms with Crippen molar-refractivity contribution in [2.75, 3.05) is 13.1 Å². The summed E-state index contributed by atoms with van der Waals surface area (Å²) in [6.45, 7) is 3.08. The standard InChI is InChI=1S/C17H18N2O2/c20-19(21)17-7-5-14(6-8-17)9-11-18-12-10-15-3-1-2-4-16(15)13-18/h1-8H,9-13H2. The number of hydrogen-bond acceptors (Lipinski definition) is 3. The zero-order chi connectivity index (χ0) is 14.7. The highest BCUT2D eigenvalue weighted by atomic mass is 16.6. The van der Waals surface area contributed by atoms with E-state index in [-0.39, 0.29) is 10.6 Å². The molecular weight excluding hydrogens is 264 g/mol. The SMILES string of the molecule is O=[N+]([O-])c1ccc(CCN2CCc3ccccc3C2)cc1. The third-order valence-electron chi connectivity index (χ3n) is 4.07. The van der Waals surface area contributed by atoms with E-state index in [9.17, 15) is 10.1 Å². The molecule has 0 atom stereocenters. The normalized spacial score (nSPS) is 14.7. The molecule has 2 aromatic carbocycles. The van der Waals surface area contributed by atoms with Gasteiger partial charge in [0.05, 0.1) is 4.92 Å². The molecule has 2 aromatic rings. The van der Waals surface area contributed by atoms with Gasteiger partial charge in [0.1, 0.15) is 0 Å². The molecule has 1 aliphatic heterocycles. The van der Waals surface area contributed by atoms with Gasteiger partial charge in [-0.05, 0) is 29.5 Å². The first-order valence-corrected chi connectivity index (χ1v) is 7.25. The number of hydrogen-bond donors (Lipinski definition) is 0. The maximum Gasteiger partial charge on any atom is 0.269 e. The number of nitro groups is 1. The minimum absolute atomic E-state index is 0.158. The van der Waals surface area contributed by atoms with Gasteiger partial charge in [-0.2, -0.15) is 0 Å².